The average Bonchev–Trinajstić information content (AvgIpc) is 2.64. The summed E-state index contributed by atoms with van der Waals surface area (Å²) in [5, 5.41) is 1.00. The molecular formula is C19H11F2N3O. The standard InChI is InChI=1S/C19H11F2N3O/c20-15-6-4-13(8-16(15)21)18-10-19(24-11-23-18)25-14-5-3-12-2-1-7-22-17(12)9-14/h1-11H. The molecule has 0 N–H and O–H groups in total. The van der Waals surface area contributed by atoms with E-state index >= 15 is 0 Å². The van der Waals surface area contributed by atoms with Crippen LogP contribution >= 0.6 is 0 Å². The number of benzene rings is 2. The number of nitrogens with zero attached hydrogens (tertiary/aromatic N) is 3. The van der Waals surface area contributed by atoms with Gasteiger partial charge in [-0.2, -0.15) is 0 Å². The van der Waals surface area contributed by atoms with Gasteiger partial charge >= 0.3 is 0 Å². The van der Waals surface area contributed by atoms with E-state index in [0.29, 0.717) is 22.9 Å². The van der Waals surface area contributed by atoms with Gasteiger partial charge in [0.05, 0.1) is 11.2 Å². The molecule has 0 atom stereocenters. The molecule has 0 amide bonds. The maximum Gasteiger partial charge on any atom is 0.222 e. The first kappa shape index (κ1) is 15.1. The number of hydrogen-bond donors (Lipinski definition) is 0. The molecule has 0 bridgehead atoms. The van der Waals surface area contributed by atoms with Crippen LogP contribution in [0.4, 0.5) is 8.78 Å². The van der Waals surface area contributed by atoms with Crippen molar-refractivity contribution in [2.24, 2.45) is 0 Å². The van der Waals surface area contributed by atoms with Crippen molar-refractivity contribution in [1.82, 2.24) is 15.0 Å². The first-order valence-corrected chi connectivity index (χ1v) is 7.49. The summed E-state index contributed by atoms with van der Waals surface area (Å²) in [7, 11) is 0. The molecule has 0 unspecified atom stereocenters. The van der Waals surface area contributed by atoms with E-state index < -0.39 is 11.6 Å². The van der Waals surface area contributed by atoms with Gasteiger partial charge in [0.1, 0.15) is 12.1 Å². The number of halogens is 2. The van der Waals surface area contributed by atoms with Crippen molar-refractivity contribution in [2.75, 3.05) is 0 Å². The maximum atomic E-state index is 13.4. The predicted octanol–water partition coefficient (Wildman–Crippen LogP) is 4.76. The number of rotatable bonds is 3. The molecule has 0 aliphatic heterocycles. The second-order valence-corrected chi connectivity index (χ2v) is 5.33. The first-order chi connectivity index (χ1) is 12.2. The minimum absolute atomic E-state index is 0.296. The molecule has 25 heavy (non-hydrogen) atoms. The van der Waals surface area contributed by atoms with Gasteiger partial charge < -0.3 is 4.74 Å². The van der Waals surface area contributed by atoms with Crippen molar-refractivity contribution in [2.45, 2.75) is 0 Å². The Balaban J connectivity index is 1.65. The molecule has 0 saturated carbocycles. The number of pyridine rings is 1. The molecule has 4 aromatic rings. The lowest BCUT2D eigenvalue weighted by molar-refractivity contribution is 0.462. The quantitative estimate of drug-likeness (QED) is 0.541. The van der Waals surface area contributed by atoms with Crippen LogP contribution < -0.4 is 4.74 Å². The Bertz CT molecular complexity index is 1070. The lowest BCUT2D eigenvalue weighted by atomic mass is 10.1. The van der Waals surface area contributed by atoms with Crippen LogP contribution in [0, 0.1) is 11.6 Å². The lowest BCUT2D eigenvalue weighted by Crippen LogP contribution is -1.93. The summed E-state index contributed by atoms with van der Waals surface area (Å²) in [4.78, 5) is 12.4. The number of fused-ring (bicyclic) bond motifs is 1. The summed E-state index contributed by atoms with van der Waals surface area (Å²) in [5.74, 6) is -0.969. The van der Waals surface area contributed by atoms with Crippen molar-refractivity contribution in [3.63, 3.8) is 0 Å². The van der Waals surface area contributed by atoms with Crippen LogP contribution in [0.15, 0.2) is 67.1 Å². The van der Waals surface area contributed by atoms with E-state index in [0.717, 1.165) is 23.0 Å². The van der Waals surface area contributed by atoms with Gasteiger partial charge in [-0.3, -0.25) is 4.98 Å². The summed E-state index contributed by atoms with van der Waals surface area (Å²) in [6.07, 6.45) is 3.02. The fraction of sp³-hybridized carbons (Fsp3) is 0. The largest absolute Gasteiger partial charge is 0.439 e. The van der Waals surface area contributed by atoms with E-state index in [1.807, 2.05) is 24.3 Å². The van der Waals surface area contributed by atoms with Crippen molar-refractivity contribution in [3.8, 4) is 22.9 Å². The SMILES string of the molecule is Fc1ccc(-c2cc(Oc3ccc4cccnc4c3)ncn2)cc1F. The minimum Gasteiger partial charge on any atom is -0.439 e. The molecule has 0 fully saturated rings. The molecule has 6 heteroatoms. The predicted molar refractivity (Wildman–Crippen MR) is 89.2 cm³/mol. The second kappa shape index (κ2) is 6.24. The van der Waals surface area contributed by atoms with E-state index in [2.05, 4.69) is 15.0 Å². The Labute approximate surface area is 141 Å². The molecule has 4 rings (SSSR count). The van der Waals surface area contributed by atoms with Crippen molar-refractivity contribution in [3.05, 3.63) is 78.8 Å². The van der Waals surface area contributed by atoms with E-state index in [1.54, 1.807) is 18.3 Å². The highest BCUT2D eigenvalue weighted by atomic mass is 19.2. The fourth-order valence-corrected chi connectivity index (χ4v) is 2.44. The van der Waals surface area contributed by atoms with Crippen LogP contribution in [0.2, 0.25) is 0 Å². The van der Waals surface area contributed by atoms with Crippen molar-refractivity contribution >= 4 is 10.9 Å². The Morgan fingerprint density at radius 2 is 1.72 bits per heavy atom. The van der Waals surface area contributed by atoms with Gasteiger partial charge in [0.15, 0.2) is 11.6 Å². The Kier molecular flexibility index (Phi) is 3.78. The topological polar surface area (TPSA) is 47.9 Å². The molecule has 0 saturated heterocycles. The third-order valence-electron chi connectivity index (χ3n) is 3.66. The highest BCUT2D eigenvalue weighted by molar-refractivity contribution is 5.79. The normalized spacial score (nSPS) is 10.8. The lowest BCUT2D eigenvalue weighted by Gasteiger charge is -2.07. The molecular weight excluding hydrogens is 324 g/mol. The van der Waals surface area contributed by atoms with Crippen molar-refractivity contribution in [1.29, 1.82) is 0 Å². The highest BCUT2D eigenvalue weighted by Crippen LogP contribution is 2.26. The molecule has 122 valence electrons. The van der Waals surface area contributed by atoms with Crippen LogP contribution in [0.5, 0.6) is 11.6 Å². The molecule has 2 aromatic heterocycles. The fourth-order valence-electron chi connectivity index (χ4n) is 2.44. The minimum atomic E-state index is -0.931. The zero-order chi connectivity index (χ0) is 17.2. The Hall–Kier alpha value is -3.41. The average molecular weight is 335 g/mol. The van der Waals surface area contributed by atoms with Crippen molar-refractivity contribution < 1.29 is 13.5 Å². The van der Waals surface area contributed by atoms with Crippen LogP contribution in [-0.4, -0.2) is 15.0 Å². The summed E-state index contributed by atoms with van der Waals surface area (Å²) < 4.78 is 32.2. The molecule has 0 spiro atoms. The van der Waals surface area contributed by atoms with Crippen LogP contribution in [-0.2, 0) is 0 Å². The third-order valence-corrected chi connectivity index (χ3v) is 3.66. The molecule has 2 heterocycles. The Morgan fingerprint density at radius 3 is 2.60 bits per heavy atom. The monoisotopic (exact) mass is 335 g/mol. The van der Waals surface area contributed by atoms with Crippen LogP contribution in [0.25, 0.3) is 22.2 Å². The first-order valence-electron chi connectivity index (χ1n) is 7.49. The van der Waals surface area contributed by atoms with Gasteiger partial charge in [-0.1, -0.05) is 6.07 Å². The third kappa shape index (κ3) is 3.14. The summed E-state index contributed by atoms with van der Waals surface area (Å²) in [5.41, 5.74) is 1.67. The molecule has 0 radical (unpaired) electrons. The van der Waals surface area contributed by atoms with Gasteiger partial charge in [-0.05, 0) is 36.4 Å². The van der Waals surface area contributed by atoms with Crippen LogP contribution in [0.1, 0.15) is 0 Å². The van der Waals surface area contributed by atoms with E-state index in [9.17, 15) is 8.78 Å². The van der Waals surface area contributed by atoms with Gasteiger partial charge in [-0.15, -0.1) is 0 Å². The Morgan fingerprint density at radius 1 is 0.800 bits per heavy atom. The summed E-state index contributed by atoms with van der Waals surface area (Å²) in [6, 6.07) is 14.5. The molecule has 4 nitrogen and oxygen atoms in total. The number of ether oxygens (including phenoxy) is 1. The summed E-state index contributed by atoms with van der Waals surface area (Å²) >= 11 is 0. The number of hydrogen-bond acceptors (Lipinski definition) is 4. The summed E-state index contributed by atoms with van der Waals surface area (Å²) in [6.45, 7) is 0. The van der Waals surface area contributed by atoms with Gasteiger partial charge in [0, 0.05) is 29.3 Å². The van der Waals surface area contributed by atoms with Gasteiger partial charge in [0.2, 0.25) is 5.88 Å². The maximum absolute atomic E-state index is 13.4. The van der Waals surface area contributed by atoms with E-state index in [4.69, 9.17) is 4.74 Å². The molecule has 2 aromatic carbocycles. The van der Waals surface area contributed by atoms with Gasteiger partial charge in [-0.25, -0.2) is 18.7 Å². The smallest absolute Gasteiger partial charge is 0.222 e. The highest BCUT2D eigenvalue weighted by Gasteiger charge is 2.08. The second-order valence-electron chi connectivity index (χ2n) is 5.33. The molecule has 0 aliphatic carbocycles. The van der Waals surface area contributed by atoms with Gasteiger partial charge in [0.25, 0.3) is 0 Å². The molecule has 0 aliphatic rings. The number of aromatic nitrogens is 3. The zero-order valence-corrected chi connectivity index (χ0v) is 12.9. The van der Waals surface area contributed by atoms with Crippen LogP contribution in [0.3, 0.4) is 0 Å². The zero-order valence-electron chi connectivity index (χ0n) is 12.9. The van der Waals surface area contributed by atoms with E-state index in [-0.39, 0.29) is 0 Å². The van der Waals surface area contributed by atoms with E-state index in [1.165, 1.54) is 12.4 Å².